The van der Waals surface area contributed by atoms with Crippen molar-refractivity contribution in [3.05, 3.63) is 58.1 Å². The largest absolute Gasteiger partial charge is 0.416 e. The Hall–Kier alpha value is -2.35. The number of benzene rings is 2. The Morgan fingerprint density at radius 2 is 1.96 bits per heavy atom. The number of rotatable bonds is 2. The summed E-state index contributed by atoms with van der Waals surface area (Å²) < 4.78 is 43.9. The number of amides is 1. The summed E-state index contributed by atoms with van der Waals surface area (Å²) >= 11 is 3.29. The van der Waals surface area contributed by atoms with E-state index in [2.05, 4.69) is 26.4 Å². The average Bonchev–Trinajstić information content (AvgIpc) is 2.89. The van der Waals surface area contributed by atoms with Gasteiger partial charge in [-0.2, -0.15) is 13.2 Å². The van der Waals surface area contributed by atoms with Crippen LogP contribution in [-0.2, 0) is 6.18 Å². The van der Waals surface area contributed by atoms with Gasteiger partial charge in [-0.15, -0.1) is 0 Å². The van der Waals surface area contributed by atoms with Gasteiger partial charge in [-0.1, -0.05) is 27.2 Å². The lowest BCUT2D eigenvalue weighted by atomic mass is 10.1. The number of carbonyl (C=O) groups excluding carboxylic acids is 1. The molecule has 0 aliphatic carbocycles. The molecule has 1 aromatic heterocycles. The zero-order valence-electron chi connectivity index (χ0n) is 11.3. The third-order valence-corrected chi connectivity index (χ3v) is 3.61. The van der Waals surface area contributed by atoms with Crippen LogP contribution in [0, 0.1) is 0 Å². The Bertz CT molecular complexity index is 890. The van der Waals surface area contributed by atoms with E-state index in [0.717, 1.165) is 16.6 Å². The molecule has 3 rings (SSSR count). The van der Waals surface area contributed by atoms with E-state index in [1.807, 2.05) is 0 Å². The van der Waals surface area contributed by atoms with Crippen molar-refractivity contribution in [2.45, 2.75) is 6.18 Å². The number of hydrogen-bond donors (Lipinski definition) is 1. The van der Waals surface area contributed by atoms with E-state index in [4.69, 9.17) is 4.52 Å². The van der Waals surface area contributed by atoms with Crippen LogP contribution in [0.1, 0.15) is 15.9 Å². The summed E-state index contributed by atoms with van der Waals surface area (Å²) in [5, 5.41) is 6.72. The van der Waals surface area contributed by atoms with Gasteiger partial charge in [0.05, 0.1) is 10.9 Å². The molecule has 0 aliphatic rings. The number of hydrogen-bond acceptors (Lipinski definition) is 3. The maximum Gasteiger partial charge on any atom is 0.416 e. The third kappa shape index (κ3) is 3.21. The molecule has 23 heavy (non-hydrogen) atoms. The highest BCUT2D eigenvalue weighted by atomic mass is 79.9. The third-order valence-electron chi connectivity index (χ3n) is 3.12. The summed E-state index contributed by atoms with van der Waals surface area (Å²) in [4.78, 5) is 12.1. The highest BCUT2D eigenvalue weighted by Crippen LogP contribution is 2.30. The fourth-order valence-electron chi connectivity index (χ4n) is 2.02. The highest BCUT2D eigenvalue weighted by Gasteiger charge is 2.31. The molecule has 0 spiro atoms. The fraction of sp³-hybridized carbons (Fsp3) is 0.0667. The van der Waals surface area contributed by atoms with Crippen molar-refractivity contribution in [2.75, 3.05) is 5.32 Å². The number of halogens is 4. The molecule has 4 nitrogen and oxygen atoms in total. The van der Waals surface area contributed by atoms with Gasteiger partial charge in [-0.05, 0) is 36.4 Å². The number of aromatic nitrogens is 1. The van der Waals surface area contributed by atoms with Gasteiger partial charge in [0, 0.05) is 10.0 Å². The zero-order chi connectivity index (χ0) is 16.6. The first-order valence-electron chi connectivity index (χ1n) is 6.38. The van der Waals surface area contributed by atoms with Crippen molar-refractivity contribution in [2.24, 2.45) is 0 Å². The first-order chi connectivity index (χ1) is 10.8. The van der Waals surface area contributed by atoms with Gasteiger partial charge in [-0.3, -0.25) is 4.79 Å². The van der Waals surface area contributed by atoms with Gasteiger partial charge in [0.15, 0.2) is 11.4 Å². The number of carbonyl (C=O) groups is 1. The van der Waals surface area contributed by atoms with Gasteiger partial charge in [0.25, 0.3) is 5.91 Å². The van der Waals surface area contributed by atoms with Crippen LogP contribution in [0.3, 0.4) is 0 Å². The standard InChI is InChI=1S/C15H8BrF3N2O2/c16-10-4-5-12-11(7-10)13(21-23-12)20-14(22)8-2-1-3-9(6-8)15(17,18)19/h1-7H,(H,20,21,22). The Morgan fingerprint density at radius 1 is 1.17 bits per heavy atom. The highest BCUT2D eigenvalue weighted by molar-refractivity contribution is 9.10. The van der Waals surface area contributed by atoms with Crippen molar-refractivity contribution in [1.29, 1.82) is 0 Å². The van der Waals surface area contributed by atoms with E-state index in [-0.39, 0.29) is 11.4 Å². The molecule has 0 unspecified atom stereocenters. The van der Waals surface area contributed by atoms with Crippen molar-refractivity contribution in [3.8, 4) is 0 Å². The average molecular weight is 385 g/mol. The van der Waals surface area contributed by atoms with Crippen LogP contribution in [0.25, 0.3) is 11.0 Å². The number of fused-ring (bicyclic) bond motifs is 1. The van der Waals surface area contributed by atoms with Gasteiger partial charge >= 0.3 is 6.18 Å². The summed E-state index contributed by atoms with van der Waals surface area (Å²) in [6, 6.07) is 9.25. The minimum atomic E-state index is -4.51. The van der Waals surface area contributed by atoms with E-state index < -0.39 is 17.6 Å². The van der Waals surface area contributed by atoms with Crippen molar-refractivity contribution < 1.29 is 22.5 Å². The first-order valence-corrected chi connectivity index (χ1v) is 7.17. The zero-order valence-corrected chi connectivity index (χ0v) is 12.9. The molecule has 2 aromatic carbocycles. The molecule has 0 radical (unpaired) electrons. The molecular formula is C15H8BrF3N2O2. The predicted octanol–water partition coefficient (Wildman–Crippen LogP) is 4.86. The molecule has 118 valence electrons. The maximum atomic E-state index is 12.7. The molecule has 8 heteroatoms. The summed E-state index contributed by atoms with van der Waals surface area (Å²) in [5.41, 5.74) is -0.559. The molecule has 0 atom stereocenters. The van der Waals surface area contributed by atoms with E-state index >= 15 is 0 Å². The Morgan fingerprint density at radius 3 is 2.70 bits per heavy atom. The SMILES string of the molecule is O=C(Nc1noc2ccc(Br)cc12)c1cccc(C(F)(F)F)c1. The van der Waals surface area contributed by atoms with E-state index in [9.17, 15) is 18.0 Å². The molecule has 0 bridgehead atoms. The second-order valence-electron chi connectivity index (χ2n) is 4.70. The number of nitrogens with zero attached hydrogens (tertiary/aromatic N) is 1. The lowest BCUT2D eigenvalue weighted by Crippen LogP contribution is -2.14. The van der Waals surface area contributed by atoms with Crippen LogP contribution in [0.2, 0.25) is 0 Å². The second-order valence-corrected chi connectivity index (χ2v) is 5.62. The Kier molecular flexibility index (Phi) is 3.85. The van der Waals surface area contributed by atoms with Crippen LogP contribution in [0.4, 0.5) is 19.0 Å². The fourth-order valence-corrected chi connectivity index (χ4v) is 2.38. The monoisotopic (exact) mass is 384 g/mol. The Balaban J connectivity index is 1.91. The minimum Gasteiger partial charge on any atom is -0.354 e. The Labute approximate surface area is 136 Å². The predicted molar refractivity (Wildman–Crippen MR) is 81.1 cm³/mol. The van der Waals surface area contributed by atoms with E-state index in [1.165, 1.54) is 12.1 Å². The number of anilines is 1. The van der Waals surface area contributed by atoms with E-state index in [1.54, 1.807) is 18.2 Å². The molecule has 1 N–H and O–H groups in total. The van der Waals surface area contributed by atoms with Gasteiger partial charge < -0.3 is 9.84 Å². The second kappa shape index (κ2) is 5.69. The molecule has 0 aliphatic heterocycles. The van der Waals surface area contributed by atoms with Gasteiger partial charge in [0.2, 0.25) is 0 Å². The van der Waals surface area contributed by atoms with Crippen molar-refractivity contribution >= 4 is 38.6 Å². The lowest BCUT2D eigenvalue weighted by Gasteiger charge is -2.08. The van der Waals surface area contributed by atoms with Crippen LogP contribution in [-0.4, -0.2) is 11.1 Å². The van der Waals surface area contributed by atoms with E-state index in [0.29, 0.717) is 11.0 Å². The normalized spacial score (nSPS) is 11.7. The van der Waals surface area contributed by atoms with Crippen molar-refractivity contribution in [1.82, 2.24) is 5.16 Å². The van der Waals surface area contributed by atoms with Crippen LogP contribution < -0.4 is 5.32 Å². The van der Waals surface area contributed by atoms with Crippen molar-refractivity contribution in [3.63, 3.8) is 0 Å². The topological polar surface area (TPSA) is 55.1 Å². The summed E-state index contributed by atoms with van der Waals surface area (Å²) in [6.45, 7) is 0. The maximum absolute atomic E-state index is 12.7. The molecule has 1 amide bonds. The molecular weight excluding hydrogens is 377 g/mol. The molecule has 3 aromatic rings. The van der Waals surface area contributed by atoms with Gasteiger partial charge in [0.1, 0.15) is 0 Å². The lowest BCUT2D eigenvalue weighted by molar-refractivity contribution is -0.137. The summed E-state index contributed by atoms with van der Waals surface area (Å²) in [6.07, 6.45) is -4.51. The number of alkyl halides is 3. The van der Waals surface area contributed by atoms with Crippen LogP contribution in [0.15, 0.2) is 51.5 Å². The molecule has 0 saturated heterocycles. The summed E-state index contributed by atoms with van der Waals surface area (Å²) in [5.74, 6) is -0.560. The minimum absolute atomic E-state index is 0.119. The summed E-state index contributed by atoms with van der Waals surface area (Å²) in [7, 11) is 0. The molecule has 0 saturated carbocycles. The molecule has 1 heterocycles. The van der Waals surface area contributed by atoms with Gasteiger partial charge in [-0.25, -0.2) is 0 Å². The smallest absolute Gasteiger partial charge is 0.354 e. The quantitative estimate of drug-likeness (QED) is 0.686. The van der Waals surface area contributed by atoms with Crippen LogP contribution in [0.5, 0.6) is 0 Å². The number of nitrogens with one attached hydrogen (secondary N) is 1. The molecule has 0 fully saturated rings. The first kappa shape index (κ1) is 15.5. The van der Waals surface area contributed by atoms with Crippen LogP contribution >= 0.6 is 15.9 Å².